The molecule has 0 atom stereocenters. The van der Waals surface area contributed by atoms with Gasteiger partial charge >= 0.3 is 0 Å². The van der Waals surface area contributed by atoms with E-state index in [9.17, 15) is 10.1 Å². The van der Waals surface area contributed by atoms with Crippen molar-refractivity contribution in [1.82, 2.24) is 9.80 Å². The SMILES string of the molecule is CN1CCN(C(=O)/C(C#N)=C\Nc2ccccc2Sc2ccccc2)CC1. The van der Waals surface area contributed by atoms with Gasteiger partial charge < -0.3 is 15.1 Å². The highest BCUT2D eigenvalue weighted by Crippen LogP contribution is 2.33. The molecule has 0 spiro atoms. The van der Waals surface area contributed by atoms with Crippen LogP contribution in [0.5, 0.6) is 0 Å². The highest BCUT2D eigenvalue weighted by Gasteiger charge is 2.22. The van der Waals surface area contributed by atoms with Crippen molar-refractivity contribution >= 4 is 23.4 Å². The molecular formula is C21H22N4OS. The summed E-state index contributed by atoms with van der Waals surface area (Å²) < 4.78 is 0. The van der Waals surface area contributed by atoms with Gasteiger partial charge in [0.25, 0.3) is 5.91 Å². The smallest absolute Gasteiger partial charge is 0.266 e. The van der Waals surface area contributed by atoms with Crippen LogP contribution in [0.15, 0.2) is 76.2 Å². The van der Waals surface area contributed by atoms with E-state index in [-0.39, 0.29) is 11.5 Å². The maximum atomic E-state index is 12.6. The summed E-state index contributed by atoms with van der Waals surface area (Å²) in [4.78, 5) is 18.7. The number of likely N-dealkylation sites (N-methyl/N-ethyl adjacent to an activating group) is 1. The second-order valence-corrected chi connectivity index (χ2v) is 7.44. The van der Waals surface area contributed by atoms with Crippen LogP contribution in [-0.2, 0) is 4.79 Å². The minimum Gasteiger partial charge on any atom is -0.359 e. The fourth-order valence-electron chi connectivity index (χ4n) is 2.76. The first-order valence-electron chi connectivity index (χ1n) is 8.84. The number of carbonyl (C=O) groups is 1. The zero-order valence-corrected chi connectivity index (χ0v) is 16.1. The fourth-order valence-corrected chi connectivity index (χ4v) is 3.69. The molecule has 138 valence electrons. The molecule has 3 rings (SSSR count). The van der Waals surface area contributed by atoms with Crippen molar-refractivity contribution in [2.75, 3.05) is 38.5 Å². The standard InChI is InChI=1S/C21H22N4OS/c1-24-11-13-25(14-12-24)21(26)17(15-22)16-23-19-9-5-6-10-20(19)27-18-7-3-2-4-8-18/h2-10,16,23H,11-14H2,1H3/b17-16-. The molecule has 2 aromatic carbocycles. The molecule has 0 aliphatic carbocycles. The number of piperazine rings is 1. The summed E-state index contributed by atoms with van der Waals surface area (Å²) in [6.45, 7) is 2.95. The summed E-state index contributed by atoms with van der Waals surface area (Å²) in [6.07, 6.45) is 1.52. The number of benzene rings is 2. The first-order valence-corrected chi connectivity index (χ1v) is 9.65. The molecule has 1 N–H and O–H groups in total. The van der Waals surface area contributed by atoms with Crippen molar-refractivity contribution in [3.8, 4) is 6.07 Å². The molecule has 5 nitrogen and oxygen atoms in total. The van der Waals surface area contributed by atoms with Crippen molar-refractivity contribution in [3.05, 3.63) is 66.4 Å². The van der Waals surface area contributed by atoms with E-state index < -0.39 is 0 Å². The fraction of sp³-hybridized carbons (Fsp3) is 0.238. The second-order valence-electron chi connectivity index (χ2n) is 6.32. The number of anilines is 1. The van der Waals surface area contributed by atoms with Crippen LogP contribution < -0.4 is 5.32 Å². The molecule has 2 aromatic rings. The normalized spacial score (nSPS) is 15.3. The van der Waals surface area contributed by atoms with Crippen molar-refractivity contribution in [3.63, 3.8) is 0 Å². The van der Waals surface area contributed by atoms with Crippen LogP contribution in [0.1, 0.15) is 0 Å². The number of nitriles is 1. The summed E-state index contributed by atoms with van der Waals surface area (Å²) in [5.41, 5.74) is 0.990. The molecule has 1 saturated heterocycles. The van der Waals surface area contributed by atoms with Gasteiger partial charge in [-0.15, -0.1) is 0 Å². The highest BCUT2D eigenvalue weighted by atomic mass is 32.2. The quantitative estimate of drug-likeness (QED) is 0.638. The highest BCUT2D eigenvalue weighted by molar-refractivity contribution is 7.99. The lowest BCUT2D eigenvalue weighted by Gasteiger charge is -2.32. The molecule has 0 bridgehead atoms. The average molecular weight is 379 g/mol. The lowest BCUT2D eigenvalue weighted by atomic mass is 10.2. The van der Waals surface area contributed by atoms with Crippen LogP contribution in [0.2, 0.25) is 0 Å². The molecule has 0 saturated carbocycles. The molecule has 1 aliphatic rings. The third-order valence-electron chi connectivity index (χ3n) is 4.37. The summed E-state index contributed by atoms with van der Waals surface area (Å²) in [6, 6.07) is 20.0. The van der Waals surface area contributed by atoms with Gasteiger partial charge in [0, 0.05) is 42.2 Å². The van der Waals surface area contributed by atoms with Crippen LogP contribution in [0.4, 0.5) is 5.69 Å². The summed E-state index contributed by atoms with van der Waals surface area (Å²) >= 11 is 1.63. The largest absolute Gasteiger partial charge is 0.359 e. The number of para-hydroxylation sites is 1. The lowest BCUT2D eigenvalue weighted by Crippen LogP contribution is -2.47. The summed E-state index contributed by atoms with van der Waals surface area (Å²) in [7, 11) is 2.03. The Morgan fingerprint density at radius 1 is 1.07 bits per heavy atom. The van der Waals surface area contributed by atoms with E-state index in [0.717, 1.165) is 28.6 Å². The Morgan fingerprint density at radius 2 is 1.74 bits per heavy atom. The predicted molar refractivity (Wildman–Crippen MR) is 108 cm³/mol. The Bertz CT molecular complexity index is 852. The monoisotopic (exact) mass is 378 g/mol. The van der Waals surface area contributed by atoms with Crippen molar-refractivity contribution in [2.24, 2.45) is 0 Å². The number of rotatable bonds is 5. The summed E-state index contributed by atoms with van der Waals surface area (Å²) in [5, 5.41) is 12.6. The van der Waals surface area contributed by atoms with Gasteiger partial charge in [0.1, 0.15) is 11.6 Å². The Balaban J connectivity index is 1.72. The molecule has 1 aliphatic heterocycles. The van der Waals surface area contributed by atoms with Gasteiger partial charge in [0.2, 0.25) is 0 Å². The van der Waals surface area contributed by atoms with Crippen LogP contribution in [-0.4, -0.2) is 48.9 Å². The van der Waals surface area contributed by atoms with Crippen LogP contribution >= 0.6 is 11.8 Å². The molecule has 0 radical (unpaired) electrons. The third kappa shape index (κ3) is 5.13. The predicted octanol–water partition coefficient (Wildman–Crippen LogP) is 3.43. The molecule has 0 aromatic heterocycles. The number of nitrogens with one attached hydrogen (secondary N) is 1. The minimum atomic E-state index is -0.216. The molecular weight excluding hydrogens is 356 g/mol. The van der Waals surface area contributed by atoms with Crippen LogP contribution in [0.25, 0.3) is 0 Å². The zero-order chi connectivity index (χ0) is 19.1. The van der Waals surface area contributed by atoms with Crippen molar-refractivity contribution in [2.45, 2.75) is 9.79 Å². The maximum Gasteiger partial charge on any atom is 0.266 e. The molecule has 27 heavy (non-hydrogen) atoms. The first kappa shape index (κ1) is 19.0. The van der Waals surface area contributed by atoms with E-state index >= 15 is 0 Å². The zero-order valence-electron chi connectivity index (χ0n) is 15.3. The molecule has 0 unspecified atom stereocenters. The van der Waals surface area contributed by atoms with E-state index in [0.29, 0.717) is 13.1 Å². The lowest BCUT2D eigenvalue weighted by molar-refractivity contribution is -0.128. The van der Waals surface area contributed by atoms with Gasteiger partial charge in [-0.05, 0) is 31.3 Å². The number of nitrogens with zero attached hydrogens (tertiary/aromatic N) is 3. The van der Waals surface area contributed by atoms with Crippen LogP contribution in [0.3, 0.4) is 0 Å². The second kappa shape index (κ2) is 9.26. The van der Waals surface area contributed by atoms with Gasteiger partial charge in [0.05, 0.1) is 5.69 Å². The van der Waals surface area contributed by atoms with Gasteiger partial charge in [-0.25, -0.2) is 0 Å². The van der Waals surface area contributed by atoms with Crippen LogP contribution in [0, 0.1) is 11.3 Å². The molecule has 6 heteroatoms. The van der Waals surface area contributed by atoms with Gasteiger partial charge in [-0.3, -0.25) is 4.79 Å². The summed E-state index contributed by atoms with van der Waals surface area (Å²) in [5.74, 6) is -0.216. The number of carbonyl (C=O) groups excluding carboxylic acids is 1. The van der Waals surface area contributed by atoms with E-state index in [4.69, 9.17) is 0 Å². The first-order chi connectivity index (χ1) is 13.2. The Morgan fingerprint density at radius 3 is 2.44 bits per heavy atom. The van der Waals surface area contributed by atoms with Crippen molar-refractivity contribution in [1.29, 1.82) is 5.26 Å². The average Bonchev–Trinajstić information content (AvgIpc) is 2.71. The van der Waals surface area contributed by atoms with Gasteiger partial charge in [-0.1, -0.05) is 42.1 Å². The van der Waals surface area contributed by atoms with Gasteiger partial charge in [0.15, 0.2) is 0 Å². The number of hydrogen-bond donors (Lipinski definition) is 1. The molecule has 1 fully saturated rings. The maximum absolute atomic E-state index is 12.6. The molecule has 1 amide bonds. The topological polar surface area (TPSA) is 59.4 Å². The minimum absolute atomic E-state index is 0.124. The Hall–Kier alpha value is -2.75. The number of amides is 1. The third-order valence-corrected chi connectivity index (χ3v) is 5.46. The van der Waals surface area contributed by atoms with E-state index in [1.54, 1.807) is 16.7 Å². The van der Waals surface area contributed by atoms with E-state index in [1.165, 1.54) is 6.20 Å². The Kier molecular flexibility index (Phi) is 6.53. The van der Waals surface area contributed by atoms with E-state index in [1.807, 2.05) is 55.6 Å². The Labute approximate surface area is 164 Å². The van der Waals surface area contributed by atoms with Crippen molar-refractivity contribution < 1.29 is 4.79 Å². The molecule has 1 heterocycles. The van der Waals surface area contributed by atoms with Gasteiger partial charge in [-0.2, -0.15) is 5.26 Å². The number of hydrogen-bond acceptors (Lipinski definition) is 5. The van der Waals surface area contributed by atoms with E-state index in [2.05, 4.69) is 22.3 Å².